The Morgan fingerprint density at radius 3 is 2.53 bits per heavy atom. The lowest BCUT2D eigenvalue weighted by molar-refractivity contribution is 0.300. The van der Waals surface area contributed by atoms with E-state index in [9.17, 15) is 0 Å². The second kappa shape index (κ2) is 8.46. The van der Waals surface area contributed by atoms with E-state index in [0.29, 0.717) is 0 Å². The number of rotatable bonds is 6. The minimum Gasteiger partial charge on any atom is -0.330 e. The van der Waals surface area contributed by atoms with E-state index in [-0.39, 0.29) is 0 Å². The van der Waals surface area contributed by atoms with Gasteiger partial charge in [-0.25, -0.2) is 0 Å². The first kappa shape index (κ1) is 13.4. The third-order valence-corrected chi connectivity index (χ3v) is 4.67. The van der Waals surface area contributed by atoms with Gasteiger partial charge in [0.15, 0.2) is 0 Å². The Morgan fingerprint density at radius 2 is 1.87 bits per heavy atom. The molecule has 0 saturated heterocycles. The summed E-state index contributed by atoms with van der Waals surface area (Å²) < 4.78 is 0. The van der Waals surface area contributed by atoms with Crippen LogP contribution in [0.4, 0.5) is 0 Å². The lowest BCUT2D eigenvalue weighted by atomic mass is 9.85. The zero-order valence-electron chi connectivity index (χ0n) is 10.2. The van der Waals surface area contributed by atoms with Crippen molar-refractivity contribution in [3.8, 4) is 0 Å². The summed E-state index contributed by atoms with van der Waals surface area (Å²) in [5.74, 6) is 4.39. The Kier molecular flexibility index (Phi) is 7.54. The smallest absolute Gasteiger partial charge is 0.00462 e. The predicted molar refractivity (Wildman–Crippen MR) is 71.4 cm³/mol. The molecule has 2 heteroatoms. The van der Waals surface area contributed by atoms with Crippen LogP contribution in [0.25, 0.3) is 0 Å². The maximum Gasteiger partial charge on any atom is -0.00462 e. The van der Waals surface area contributed by atoms with Crippen LogP contribution in [0.1, 0.15) is 51.9 Å². The van der Waals surface area contributed by atoms with Gasteiger partial charge >= 0.3 is 0 Å². The molecule has 0 aliphatic heterocycles. The van der Waals surface area contributed by atoms with E-state index in [1.54, 1.807) is 0 Å². The molecule has 90 valence electrons. The first-order chi connectivity index (χ1) is 7.38. The monoisotopic (exact) mass is 229 g/mol. The molecular weight excluding hydrogens is 202 g/mol. The minimum absolute atomic E-state index is 0.833. The average molecular weight is 229 g/mol. The van der Waals surface area contributed by atoms with Gasteiger partial charge in [0.1, 0.15) is 0 Å². The first-order valence-electron chi connectivity index (χ1n) is 6.66. The lowest BCUT2D eigenvalue weighted by Gasteiger charge is -2.23. The highest BCUT2D eigenvalue weighted by atomic mass is 32.2. The molecule has 1 aliphatic carbocycles. The van der Waals surface area contributed by atoms with E-state index < -0.39 is 0 Å². The summed E-state index contributed by atoms with van der Waals surface area (Å²) in [6.07, 6.45) is 9.97. The Hall–Kier alpha value is 0.310. The Labute approximate surface area is 99.6 Å². The Bertz CT molecular complexity index is 149. The van der Waals surface area contributed by atoms with Crippen LogP contribution in [0.2, 0.25) is 0 Å². The fraction of sp³-hybridized carbons (Fsp3) is 1.00. The first-order valence-corrected chi connectivity index (χ1v) is 7.81. The Morgan fingerprint density at radius 1 is 1.13 bits per heavy atom. The molecule has 0 amide bonds. The van der Waals surface area contributed by atoms with Gasteiger partial charge in [-0.05, 0) is 49.1 Å². The molecule has 1 nitrogen and oxygen atoms in total. The molecule has 0 heterocycles. The standard InChI is InChI=1S/C13H27NS/c1-2-15-10-6-9-12-7-4-3-5-8-13(12)11-14/h12-13H,2-11,14H2,1H3. The van der Waals surface area contributed by atoms with Gasteiger partial charge in [0.2, 0.25) is 0 Å². The molecule has 0 aromatic carbocycles. The second-order valence-electron chi connectivity index (χ2n) is 4.73. The molecule has 1 fully saturated rings. The molecule has 0 aromatic heterocycles. The maximum atomic E-state index is 5.89. The molecular formula is C13H27NS. The third kappa shape index (κ3) is 5.26. The van der Waals surface area contributed by atoms with E-state index in [1.165, 1.54) is 56.5 Å². The Balaban J connectivity index is 2.22. The molecule has 1 saturated carbocycles. The van der Waals surface area contributed by atoms with Gasteiger partial charge in [-0.15, -0.1) is 0 Å². The van der Waals surface area contributed by atoms with Crippen LogP contribution in [-0.4, -0.2) is 18.1 Å². The summed E-state index contributed by atoms with van der Waals surface area (Å²) in [7, 11) is 0. The highest BCUT2D eigenvalue weighted by Gasteiger charge is 2.21. The maximum absolute atomic E-state index is 5.89. The summed E-state index contributed by atoms with van der Waals surface area (Å²) in [5, 5.41) is 0. The van der Waals surface area contributed by atoms with Crippen molar-refractivity contribution >= 4 is 11.8 Å². The van der Waals surface area contributed by atoms with Crippen molar-refractivity contribution in [1.29, 1.82) is 0 Å². The van der Waals surface area contributed by atoms with Crippen molar-refractivity contribution < 1.29 is 0 Å². The summed E-state index contributed by atoms with van der Waals surface area (Å²) in [6, 6.07) is 0. The van der Waals surface area contributed by atoms with E-state index in [0.717, 1.165) is 18.4 Å². The van der Waals surface area contributed by atoms with Gasteiger partial charge < -0.3 is 5.73 Å². The van der Waals surface area contributed by atoms with Gasteiger partial charge in [-0.1, -0.05) is 32.6 Å². The molecule has 0 spiro atoms. The van der Waals surface area contributed by atoms with Gasteiger partial charge in [-0.2, -0.15) is 11.8 Å². The molecule has 1 aliphatic rings. The lowest BCUT2D eigenvalue weighted by Crippen LogP contribution is -2.22. The van der Waals surface area contributed by atoms with Crippen LogP contribution in [0.3, 0.4) is 0 Å². The third-order valence-electron chi connectivity index (χ3n) is 3.69. The zero-order chi connectivity index (χ0) is 10.9. The number of hydrogen-bond donors (Lipinski definition) is 1. The number of hydrogen-bond acceptors (Lipinski definition) is 2. The average Bonchev–Trinajstić information content (AvgIpc) is 2.49. The van der Waals surface area contributed by atoms with Crippen molar-refractivity contribution in [1.82, 2.24) is 0 Å². The summed E-state index contributed by atoms with van der Waals surface area (Å²) >= 11 is 2.08. The van der Waals surface area contributed by atoms with Gasteiger partial charge in [0.25, 0.3) is 0 Å². The van der Waals surface area contributed by atoms with Crippen molar-refractivity contribution in [2.24, 2.45) is 17.6 Å². The number of nitrogens with two attached hydrogens (primary N) is 1. The fourth-order valence-corrected chi connectivity index (χ4v) is 3.40. The van der Waals surface area contributed by atoms with Crippen molar-refractivity contribution in [2.75, 3.05) is 18.1 Å². The van der Waals surface area contributed by atoms with Crippen molar-refractivity contribution in [3.05, 3.63) is 0 Å². The molecule has 2 N–H and O–H groups in total. The molecule has 15 heavy (non-hydrogen) atoms. The molecule has 0 aromatic rings. The van der Waals surface area contributed by atoms with E-state index >= 15 is 0 Å². The molecule has 0 radical (unpaired) electrons. The summed E-state index contributed by atoms with van der Waals surface area (Å²) in [6.45, 7) is 3.17. The molecule has 2 atom stereocenters. The van der Waals surface area contributed by atoms with E-state index in [1.807, 2.05) is 0 Å². The van der Waals surface area contributed by atoms with Crippen LogP contribution in [0.5, 0.6) is 0 Å². The van der Waals surface area contributed by atoms with Crippen molar-refractivity contribution in [2.45, 2.75) is 51.9 Å². The predicted octanol–water partition coefficient (Wildman–Crippen LogP) is 3.67. The van der Waals surface area contributed by atoms with Crippen LogP contribution >= 0.6 is 11.8 Å². The molecule has 1 rings (SSSR count). The fourth-order valence-electron chi connectivity index (χ4n) is 2.74. The van der Waals surface area contributed by atoms with Gasteiger partial charge in [0, 0.05) is 0 Å². The summed E-state index contributed by atoms with van der Waals surface area (Å²) in [5.41, 5.74) is 5.89. The zero-order valence-corrected chi connectivity index (χ0v) is 11.0. The normalized spacial score (nSPS) is 27.6. The highest BCUT2D eigenvalue weighted by Crippen LogP contribution is 2.31. The van der Waals surface area contributed by atoms with Crippen LogP contribution < -0.4 is 5.73 Å². The van der Waals surface area contributed by atoms with E-state index in [4.69, 9.17) is 5.73 Å². The second-order valence-corrected chi connectivity index (χ2v) is 6.13. The van der Waals surface area contributed by atoms with Crippen LogP contribution in [-0.2, 0) is 0 Å². The minimum atomic E-state index is 0.833. The topological polar surface area (TPSA) is 26.0 Å². The number of thioether (sulfide) groups is 1. The highest BCUT2D eigenvalue weighted by molar-refractivity contribution is 7.99. The largest absolute Gasteiger partial charge is 0.330 e. The van der Waals surface area contributed by atoms with E-state index in [2.05, 4.69) is 18.7 Å². The molecule has 0 bridgehead atoms. The van der Waals surface area contributed by atoms with Gasteiger partial charge in [0.05, 0.1) is 0 Å². The van der Waals surface area contributed by atoms with Crippen molar-refractivity contribution in [3.63, 3.8) is 0 Å². The van der Waals surface area contributed by atoms with Crippen LogP contribution in [0, 0.1) is 11.8 Å². The van der Waals surface area contributed by atoms with Crippen LogP contribution in [0.15, 0.2) is 0 Å². The SMILES string of the molecule is CCSCCCC1CCCCCC1CN. The van der Waals surface area contributed by atoms with Gasteiger partial charge in [-0.3, -0.25) is 0 Å². The molecule has 2 unspecified atom stereocenters. The summed E-state index contributed by atoms with van der Waals surface area (Å²) in [4.78, 5) is 0. The quantitative estimate of drug-likeness (QED) is 0.555.